The summed E-state index contributed by atoms with van der Waals surface area (Å²) in [6.07, 6.45) is 6.83. The van der Waals surface area contributed by atoms with Crippen molar-refractivity contribution in [3.63, 3.8) is 0 Å². The van der Waals surface area contributed by atoms with Crippen LogP contribution >= 0.6 is 31.9 Å². The minimum Gasteiger partial charge on any atom is -0.493 e. The molecule has 1 amide bonds. The average Bonchev–Trinajstić information content (AvgIpc) is 2.97. The fourth-order valence-electron chi connectivity index (χ4n) is 4.87. The number of aromatic nitrogens is 2. The summed E-state index contributed by atoms with van der Waals surface area (Å²) in [5, 5.41) is 7.93. The number of hydrogen-bond acceptors (Lipinski definition) is 6. The molecule has 1 N–H and O–H groups in total. The second-order valence-corrected chi connectivity index (χ2v) is 11.4. The number of fused-ring (bicyclic) bond motifs is 1. The monoisotopic (exact) mass is 666 g/mol. The summed E-state index contributed by atoms with van der Waals surface area (Å²) in [6, 6.07) is 18.2. The van der Waals surface area contributed by atoms with Crippen LogP contribution < -0.4 is 20.3 Å². The highest BCUT2D eigenvalue weighted by Crippen LogP contribution is 2.35. The molecule has 0 spiro atoms. The number of hydrogen-bond donors (Lipinski definition) is 1. The molecule has 0 saturated heterocycles. The number of rotatable bonds is 8. The third kappa shape index (κ3) is 6.45. The van der Waals surface area contributed by atoms with Crippen LogP contribution in [0, 0.1) is 0 Å². The zero-order chi connectivity index (χ0) is 28.1. The van der Waals surface area contributed by atoms with Crippen molar-refractivity contribution in [3.8, 4) is 11.5 Å². The lowest BCUT2D eigenvalue weighted by molar-refractivity contribution is -0.118. The van der Waals surface area contributed by atoms with Gasteiger partial charge in [0.25, 0.3) is 11.5 Å². The summed E-state index contributed by atoms with van der Waals surface area (Å²) in [5.74, 6) is 1.23. The highest BCUT2D eigenvalue weighted by molar-refractivity contribution is 9.10. The van der Waals surface area contributed by atoms with Crippen molar-refractivity contribution in [2.24, 2.45) is 5.10 Å². The van der Waals surface area contributed by atoms with Gasteiger partial charge in [0, 0.05) is 26.1 Å². The highest BCUT2D eigenvalue weighted by Gasteiger charge is 2.23. The third-order valence-electron chi connectivity index (χ3n) is 6.79. The average molecular weight is 668 g/mol. The molecule has 206 valence electrons. The predicted molar refractivity (Wildman–Crippen MR) is 164 cm³/mol. The van der Waals surface area contributed by atoms with Crippen LogP contribution in [-0.2, 0) is 4.79 Å². The number of ether oxygens (including phenoxy) is 2. The minimum atomic E-state index is -0.320. The Hall–Kier alpha value is -3.50. The van der Waals surface area contributed by atoms with E-state index in [-0.39, 0.29) is 24.0 Å². The number of carbonyl (C=O) groups is 1. The Bertz CT molecular complexity index is 1620. The molecular formula is C30H28Br2N4O4. The van der Waals surface area contributed by atoms with Gasteiger partial charge in [-0.1, -0.05) is 69.3 Å². The topological polar surface area (TPSA) is 94.8 Å². The van der Waals surface area contributed by atoms with Gasteiger partial charge in [-0.25, -0.2) is 4.98 Å². The Balaban J connectivity index is 1.51. The van der Waals surface area contributed by atoms with Gasteiger partial charge in [0.1, 0.15) is 5.82 Å². The molecule has 8 nitrogen and oxygen atoms in total. The molecule has 0 unspecified atom stereocenters. The van der Waals surface area contributed by atoms with Gasteiger partial charge in [-0.15, -0.1) is 0 Å². The highest BCUT2D eigenvalue weighted by atomic mass is 79.9. The number of nitrogens with zero attached hydrogens (tertiary/aromatic N) is 3. The first kappa shape index (κ1) is 28.0. The van der Waals surface area contributed by atoms with Crippen LogP contribution in [0.2, 0.25) is 0 Å². The molecule has 1 aliphatic rings. The lowest BCUT2D eigenvalue weighted by atomic mass is 9.88. The third-order valence-corrected chi connectivity index (χ3v) is 7.74. The number of amides is 1. The van der Waals surface area contributed by atoms with Crippen LogP contribution in [0.15, 0.2) is 79.5 Å². The molecule has 0 aliphatic heterocycles. The van der Waals surface area contributed by atoms with Gasteiger partial charge in [0.05, 0.1) is 24.2 Å². The van der Waals surface area contributed by atoms with E-state index in [1.54, 1.807) is 36.5 Å². The standard InChI is InChI=1S/C30H28Br2N4O4/c1-39-26-16-22(32)14-20(28(26)40-18-27(37)34-23-10-6-3-7-11-23)17-33-36-29(19-8-4-2-5-9-19)35-25-13-12-21(31)15-24(25)30(36)38/h3,6-7,10-17,19H,2,4-5,8-9,18H2,1H3,(H,34,37). The molecule has 10 heteroatoms. The molecule has 1 heterocycles. The maximum absolute atomic E-state index is 13.7. The molecule has 1 aromatic heterocycles. The maximum atomic E-state index is 13.7. The van der Waals surface area contributed by atoms with Gasteiger partial charge in [0.2, 0.25) is 0 Å². The van der Waals surface area contributed by atoms with E-state index >= 15 is 0 Å². The molecule has 3 aromatic carbocycles. The lowest BCUT2D eigenvalue weighted by Crippen LogP contribution is -2.25. The van der Waals surface area contributed by atoms with Crippen molar-refractivity contribution in [1.82, 2.24) is 9.66 Å². The second kappa shape index (κ2) is 12.8. The summed E-state index contributed by atoms with van der Waals surface area (Å²) in [5.41, 5.74) is 1.62. The molecule has 40 heavy (non-hydrogen) atoms. The SMILES string of the molecule is COc1cc(Br)cc(C=Nn2c(C3CCCCC3)nc3ccc(Br)cc3c2=O)c1OCC(=O)Nc1ccccc1. The Morgan fingerprint density at radius 3 is 2.60 bits per heavy atom. The van der Waals surface area contributed by atoms with E-state index in [2.05, 4.69) is 42.3 Å². The van der Waals surface area contributed by atoms with E-state index < -0.39 is 0 Å². The van der Waals surface area contributed by atoms with Crippen molar-refractivity contribution in [3.05, 3.63) is 91.4 Å². The van der Waals surface area contributed by atoms with E-state index in [9.17, 15) is 9.59 Å². The predicted octanol–water partition coefficient (Wildman–Crippen LogP) is 6.88. The lowest BCUT2D eigenvalue weighted by Gasteiger charge is -2.23. The van der Waals surface area contributed by atoms with Crippen LogP contribution in [-0.4, -0.2) is 35.5 Å². The van der Waals surface area contributed by atoms with Crippen molar-refractivity contribution >= 4 is 60.6 Å². The van der Waals surface area contributed by atoms with E-state index in [0.717, 1.165) is 34.6 Å². The fraction of sp³-hybridized carbons (Fsp3) is 0.267. The smallest absolute Gasteiger partial charge is 0.282 e. The first-order valence-corrected chi connectivity index (χ1v) is 14.6. The van der Waals surface area contributed by atoms with Crippen LogP contribution in [0.5, 0.6) is 11.5 Å². The number of halogens is 2. The number of benzene rings is 3. The molecule has 5 rings (SSSR count). The van der Waals surface area contributed by atoms with Crippen molar-refractivity contribution in [2.45, 2.75) is 38.0 Å². The Morgan fingerprint density at radius 2 is 1.85 bits per heavy atom. The molecule has 1 aliphatic carbocycles. The largest absolute Gasteiger partial charge is 0.493 e. The zero-order valence-corrected chi connectivity index (χ0v) is 25.1. The van der Waals surface area contributed by atoms with Crippen LogP contribution in [0.25, 0.3) is 10.9 Å². The summed E-state index contributed by atoms with van der Waals surface area (Å²) in [4.78, 5) is 31.2. The van der Waals surface area contributed by atoms with Gasteiger partial charge < -0.3 is 14.8 Å². The molecule has 0 bridgehead atoms. The van der Waals surface area contributed by atoms with E-state index in [1.165, 1.54) is 18.2 Å². The van der Waals surface area contributed by atoms with E-state index in [1.807, 2.05) is 30.3 Å². The summed E-state index contributed by atoms with van der Waals surface area (Å²) >= 11 is 6.97. The first-order chi connectivity index (χ1) is 19.4. The fourth-order valence-corrected chi connectivity index (χ4v) is 5.69. The summed E-state index contributed by atoms with van der Waals surface area (Å²) in [6.45, 7) is -0.243. The van der Waals surface area contributed by atoms with Crippen LogP contribution in [0.4, 0.5) is 5.69 Å². The van der Waals surface area contributed by atoms with Gasteiger partial charge in [0.15, 0.2) is 18.1 Å². The van der Waals surface area contributed by atoms with Gasteiger partial charge in [-0.3, -0.25) is 9.59 Å². The number of para-hydroxylation sites is 1. The first-order valence-electron chi connectivity index (χ1n) is 13.0. The van der Waals surface area contributed by atoms with E-state index in [4.69, 9.17) is 14.5 Å². The number of carbonyl (C=O) groups excluding carboxylic acids is 1. The van der Waals surface area contributed by atoms with E-state index in [0.29, 0.717) is 39.5 Å². The van der Waals surface area contributed by atoms with Gasteiger partial charge in [-0.2, -0.15) is 9.78 Å². The Kier molecular flexibility index (Phi) is 8.96. The molecule has 4 aromatic rings. The van der Waals surface area contributed by atoms with Gasteiger partial charge in [-0.05, 0) is 55.3 Å². The van der Waals surface area contributed by atoms with Crippen molar-refractivity contribution in [1.29, 1.82) is 0 Å². The van der Waals surface area contributed by atoms with Crippen LogP contribution in [0.1, 0.15) is 49.4 Å². The Morgan fingerprint density at radius 1 is 1.07 bits per heavy atom. The molecular weight excluding hydrogens is 640 g/mol. The van der Waals surface area contributed by atoms with Crippen LogP contribution in [0.3, 0.4) is 0 Å². The zero-order valence-electron chi connectivity index (χ0n) is 21.9. The van der Waals surface area contributed by atoms with Gasteiger partial charge >= 0.3 is 0 Å². The summed E-state index contributed by atoms with van der Waals surface area (Å²) < 4.78 is 14.4. The Labute approximate surface area is 248 Å². The minimum absolute atomic E-state index is 0.140. The van der Waals surface area contributed by atoms with Crippen molar-refractivity contribution < 1.29 is 14.3 Å². The molecule has 1 saturated carbocycles. The molecule has 0 radical (unpaired) electrons. The maximum Gasteiger partial charge on any atom is 0.282 e. The molecule has 1 fully saturated rings. The summed E-state index contributed by atoms with van der Waals surface area (Å²) in [7, 11) is 1.52. The number of methoxy groups -OCH3 is 1. The normalized spacial score (nSPS) is 14.0. The number of anilines is 1. The quantitative estimate of drug-likeness (QED) is 0.207. The number of nitrogens with one attached hydrogen (secondary N) is 1. The van der Waals surface area contributed by atoms with Crippen molar-refractivity contribution in [2.75, 3.05) is 19.0 Å². The molecule has 0 atom stereocenters. The second-order valence-electron chi connectivity index (χ2n) is 9.56.